The molecule has 0 saturated carbocycles. The van der Waals surface area contributed by atoms with Crippen LogP contribution in [0.25, 0.3) is 11.1 Å². The van der Waals surface area contributed by atoms with Crippen molar-refractivity contribution in [3.63, 3.8) is 0 Å². The number of aliphatic imine (C=N–C) groups is 1. The molecule has 0 saturated heterocycles. The molecule has 0 fully saturated rings. The number of benzene rings is 3. The smallest absolute Gasteiger partial charge is 0.266 e. The molecule has 0 radical (unpaired) electrons. The number of fused-ring (bicyclic) bond motifs is 1. The van der Waals surface area contributed by atoms with Gasteiger partial charge in [-0.15, -0.1) is 0 Å². The van der Waals surface area contributed by atoms with E-state index in [2.05, 4.69) is 4.99 Å². The minimum atomic E-state index is -1.36. The van der Waals surface area contributed by atoms with E-state index in [1.54, 1.807) is 37.4 Å². The van der Waals surface area contributed by atoms with Crippen molar-refractivity contribution in [3.8, 4) is 22.6 Å². The summed E-state index contributed by atoms with van der Waals surface area (Å²) in [5.74, 6) is 0.848. The molecule has 1 atom stereocenters. The minimum Gasteiger partial charge on any atom is -0.497 e. The highest BCUT2D eigenvalue weighted by molar-refractivity contribution is 6.09. The Balaban J connectivity index is 1.70. The molecule has 7 heteroatoms. The molecule has 0 bridgehead atoms. The van der Waals surface area contributed by atoms with Crippen LogP contribution in [0.1, 0.15) is 23.1 Å². The van der Waals surface area contributed by atoms with Crippen LogP contribution < -0.4 is 15.2 Å². The van der Waals surface area contributed by atoms with Gasteiger partial charge >= 0.3 is 0 Å². The molecule has 0 aromatic heterocycles. The van der Waals surface area contributed by atoms with E-state index < -0.39 is 5.54 Å². The maximum absolute atomic E-state index is 14.7. The molecular weight excluding hydrogens is 421 g/mol. The number of nitrogens with zero attached hydrogens (tertiary/aromatic N) is 2. The molecule has 1 amide bonds. The number of rotatable bonds is 4. The van der Waals surface area contributed by atoms with Gasteiger partial charge in [-0.2, -0.15) is 0 Å². The maximum atomic E-state index is 14.7. The lowest BCUT2D eigenvalue weighted by Gasteiger charge is -2.28. The number of carbonyl (C=O) groups is 1. The first kappa shape index (κ1) is 21.0. The van der Waals surface area contributed by atoms with Crippen LogP contribution in [0.5, 0.6) is 11.5 Å². The van der Waals surface area contributed by atoms with Crippen LogP contribution in [0.15, 0.2) is 65.7 Å². The number of hydrogen-bond donors (Lipinski definition) is 1. The average molecular weight is 445 g/mol. The second kappa shape index (κ2) is 7.92. The Labute approximate surface area is 191 Å². The van der Waals surface area contributed by atoms with Crippen LogP contribution in [0.2, 0.25) is 0 Å². The number of halogens is 1. The van der Waals surface area contributed by atoms with Crippen molar-refractivity contribution >= 4 is 11.9 Å². The van der Waals surface area contributed by atoms with Gasteiger partial charge in [-0.25, -0.2) is 9.38 Å². The van der Waals surface area contributed by atoms with Gasteiger partial charge in [0.25, 0.3) is 5.91 Å². The summed E-state index contributed by atoms with van der Waals surface area (Å²) in [7, 11) is 3.14. The summed E-state index contributed by atoms with van der Waals surface area (Å²) in [6, 6.07) is 17.5. The quantitative estimate of drug-likeness (QED) is 0.662. The standard InChI is InChI=1S/C26H24FN3O3/c1-30-24(31)26(29-25(30)28,19-8-11-23-17(14-19)6-4-12-33-23)18-7-3-5-16(13-18)21-15-20(32-2)9-10-22(21)27/h3,5,7-11,13-15H,4,6,12H2,1-2H3,(H2,28,29). The number of amides is 1. The molecular formula is C26H24FN3O3. The van der Waals surface area contributed by atoms with Gasteiger partial charge in [0.05, 0.1) is 13.7 Å². The first-order valence-corrected chi connectivity index (χ1v) is 10.8. The third-order valence-electron chi connectivity index (χ3n) is 6.33. The number of likely N-dealkylation sites (N-methyl/N-ethyl adjacent to an activating group) is 1. The van der Waals surface area contributed by atoms with Gasteiger partial charge in [0.1, 0.15) is 17.3 Å². The number of hydrogen-bond acceptors (Lipinski definition) is 5. The van der Waals surface area contributed by atoms with E-state index in [0.29, 0.717) is 34.6 Å². The third kappa shape index (κ3) is 3.31. The van der Waals surface area contributed by atoms with E-state index in [-0.39, 0.29) is 17.7 Å². The van der Waals surface area contributed by atoms with Gasteiger partial charge in [0.2, 0.25) is 0 Å². The Kier molecular flexibility index (Phi) is 5.04. The zero-order chi connectivity index (χ0) is 23.2. The van der Waals surface area contributed by atoms with Gasteiger partial charge in [-0.05, 0) is 71.5 Å². The fourth-order valence-electron chi connectivity index (χ4n) is 4.53. The fraction of sp³-hybridized carbons (Fsp3) is 0.231. The van der Waals surface area contributed by atoms with Crippen LogP contribution in [0.3, 0.4) is 0 Å². The minimum absolute atomic E-state index is 0.131. The summed E-state index contributed by atoms with van der Waals surface area (Å²) in [6.07, 6.45) is 1.77. The monoisotopic (exact) mass is 445 g/mol. The Morgan fingerprint density at radius 1 is 1.12 bits per heavy atom. The van der Waals surface area contributed by atoms with Crippen molar-refractivity contribution in [2.75, 3.05) is 20.8 Å². The van der Waals surface area contributed by atoms with Crippen LogP contribution >= 0.6 is 0 Å². The molecule has 2 aliphatic rings. The summed E-state index contributed by atoms with van der Waals surface area (Å²) < 4.78 is 25.7. The Hall–Kier alpha value is -3.87. The van der Waals surface area contributed by atoms with Gasteiger partial charge in [-0.1, -0.05) is 24.3 Å². The number of aryl methyl sites for hydroxylation is 1. The highest BCUT2D eigenvalue weighted by Crippen LogP contribution is 2.42. The van der Waals surface area contributed by atoms with Crippen molar-refractivity contribution < 1.29 is 18.7 Å². The second-order valence-corrected chi connectivity index (χ2v) is 8.25. The average Bonchev–Trinajstić information content (AvgIpc) is 3.09. The van der Waals surface area contributed by atoms with Crippen molar-refractivity contribution in [1.29, 1.82) is 0 Å². The zero-order valence-electron chi connectivity index (χ0n) is 18.5. The van der Waals surface area contributed by atoms with Crippen molar-refractivity contribution in [2.45, 2.75) is 18.4 Å². The van der Waals surface area contributed by atoms with E-state index in [1.165, 1.54) is 18.1 Å². The van der Waals surface area contributed by atoms with Crippen molar-refractivity contribution in [1.82, 2.24) is 4.90 Å². The molecule has 2 N–H and O–H groups in total. The van der Waals surface area contributed by atoms with Gasteiger partial charge in [0.15, 0.2) is 11.5 Å². The number of methoxy groups -OCH3 is 1. The number of guanidine groups is 1. The van der Waals surface area contributed by atoms with Gasteiger partial charge < -0.3 is 15.2 Å². The molecule has 3 aromatic rings. The Morgan fingerprint density at radius 2 is 1.94 bits per heavy atom. The summed E-state index contributed by atoms with van der Waals surface area (Å²) in [6.45, 7) is 0.679. The Bertz CT molecular complexity index is 1290. The summed E-state index contributed by atoms with van der Waals surface area (Å²) >= 11 is 0. The highest BCUT2D eigenvalue weighted by Gasteiger charge is 2.49. The van der Waals surface area contributed by atoms with E-state index in [0.717, 1.165) is 24.2 Å². The largest absolute Gasteiger partial charge is 0.497 e. The highest BCUT2D eigenvalue weighted by atomic mass is 19.1. The summed E-state index contributed by atoms with van der Waals surface area (Å²) in [5.41, 5.74) is 8.09. The first-order chi connectivity index (χ1) is 15.9. The van der Waals surface area contributed by atoms with Crippen molar-refractivity contribution in [3.05, 3.63) is 83.2 Å². The molecule has 33 heavy (non-hydrogen) atoms. The van der Waals surface area contributed by atoms with Gasteiger partial charge in [0, 0.05) is 12.6 Å². The van der Waals surface area contributed by atoms with E-state index in [1.807, 2.05) is 24.3 Å². The molecule has 6 nitrogen and oxygen atoms in total. The normalized spacial score (nSPS) is 19.7. The molecule has 2 aliphatic heterocycles. The lowest BCUT2D eigenvalue weighted by molar-refractivity contribution is -0.129. The van der Waals surface area contributed by atoms with Gasteiger partial charge in [-0.3, -0.25) is 9.69 Å². The molecule has 0 spiro atoms. The van der Waals surface area contributed by atoms with Crippen LogP contribution in [0, 0.1) is 5.82 Å². The summed E-state index contributed by atoms with van der Waals surface area (Å²) in [4.78, 5) is 19.7. The second-order valence-electron chi connectivity index (χ2n) is 8.25. The van der Waals surface area contributed by atoms with Crippen LogP contribution in [-0.2, 0) is 16.8 Å². The molecule has 5 rings (SSSR count). The fourth-order valence-corrected chi connectivity index (χ4v) is 4.53. The van der Waals surface area contributed by atoms with E-state index in [4.69, 9.17) is 15.2 Å². The molecule has 0 aliphatic carbocycles. The lowest BCUT2D eigenvalue weighted by atomic mass is 9.80. The molecule has 2 heterocycles. The van der Waals surface area contributed by atoms with Crippen LogP contribution in [0.4, 0.5) is 4.39 Å². The Morgan fingerprint density at radius 3 is 2.70 bits per heavy atom. The molecule has 168 valence electrons. The lowest BCUT2D eigenvalue weighted by Crippen LogP contribution is -2.41. The van der Waals surface area contributed by atoms with Crippen molar-refractivity contribution in [2.24, 2.45) is 10.7 Å². The molecule has 1 unspecified atom stereocenters. The molecule has 3 aromatic carbocycles. The summed E-state index contributed by atoms with van der Waals surface area (Å²) in [5, 5.41) is 0. The zero-order valence-corrected chi connectivity index (χ0v) is 18.5. The van der Waals surface area contributed by atoms with E-state index in [9.17, 15) is 9.18 Å². The number of ether oxygens (including phenoxy) is 2. The predicted molar refractivity (Wildman–Crippen MR) is 124 cm³/mol. The maximum Gasteiger partial charge on any atom is 0.266 e. The third-order valence-corrected chi connectivity index (χ3v) is 6.33. The topological polar surface area (TPSA) is 77.2 Å². The number of nitrogens with two attached hydrogens (primary N) is 1. The van der Waals surface area contributed by atoms with Crippen LogP contribution in [-0.4, -0.2) is 37.5 Å². The van der Waals surface area contributed by atoms with E-state index >= 15 is 0 Å². The first-order valence-electron chi connectivity index (χ1n) is 10.8. The number of carbonyl (C=O) groups excluding carboxylic acids is 1. The SMILES string of the molecule is COc1ccc(F)c(-c2cccc(C3(c4ccc5c(c4)CCCO5)N=C(N)N(C)C3=O)c2)c1. The predicted octanol–water partition coefficient (Wildman–Crippen LogP) is 3.86.